The second-order valence-electron chi connectivity index (χ2n) is 3.87. The van der Waals surface area contributed by atoms with E-state index in [4.69, 9.17) is 15.2 Å². The quantitative estimate of drug-likeness (QED) is 0.615. The molecule has 18 heavy (non-hydrogen) atoms. The molecule has 0 radical (unpaired) electrons. The first-order chi connectivity index (χ1) is 8.86. The second-order valence-corrected chi connectivity index (χ2v) is 4.90. The Labute approximate surface area is 111 Å². The van der Waals surface area contributed by atoms with E-state index in [0.29, 0.717) is 25.5 Å². The number of thiophene rings is 1. The van der Waals surface area contributed by atoms with Gasteiger partial charge in [0.25, 0.3) is 0 Å². The van der Waals surface area contributed by atoms with Gasteiger partial charge in [0.05, 0.1) is 25.5 Å². The van der Waals surface area contributed by atoms with E-state index in [1.54, 1.807) is 11.3 Å². The first kappa shape index (κ1) is 12.9. The Hall–Kier alpha value is -1.52. The predicted octanol–water partition coefficient (Wildman–Crippen LogP) is 3.32. The van der Waals surface area contributed by atoms with Crippen LogP contribution in [0.5, 0.6) is 5.75 Å². The summed E-state index contributed by atoms with van der Waals surface area (Å²) in [7, 11) is 0. The third kappa shape index (κ3) is 4.05. The van der Waals surface area contributed by atoms with E-state index in [-0.39, 0.29) is 0 Å². The van der Waals surface area contributed by atoms with Crippen LogP contribution in [0.15, 0.2) is 41.8 Å². The molecule has 2 N–H and O–H groups in total. The van der Waals surface area contributed by atoms with Crippen LogP contribution in [-0.2, 0) is 11.3 Å². The topological polar surface area (TPSA) is 44.5 Å². The fourth-order valence-corrected chi connectivity index (χ4v) is 2.16. The average Bonchev–Trinajstić information content (AvgIpc) is 2.89. The Morgan fingerprint density at radius 1 is 1.06 bits per heavy atom. The van der Waals surface area contributed by atoms with Crippen LogP contribution >= 0.6 is 11.3 Å². The van der Waals surface area contributed by atoms with Crippen molar-refractivity contribution in [3.8, 4) is 5.75 Å². The van der Waals surface area contributed by atoms with E-state index in [1.807, 2.05) is 30.3 Å². The van der Waals surface area contributed by atoms with Gasteiger partial charge in [-0.25, -0.2) is 0 Å². The van der Waals surface area contributed by atoms with E-state index in [0.717, 1.165) is 12.2 Å². The Balaban J connectivity index is 1.58. The summed E-state index contributed by atoms with van der Waals surface area (Å²) in [6, 6.07) is 11.6. The Bertz CT molecular complexity index is 457. The minimum atomic E-state index is 0.624. The van der Waals surface area contributed by atoms with E-state index in [1.165, 1.54) is 4.88 Å². The molecule has 0 aliphatic carbocycles. The van der Waals surface area contributed by atoms with Gasteiger partial charge in [0, 0.05) is 11.3 Å². The van der Waals surface area contributed by atoms with Gasteiger partial charge in [0.1, 0.15) is 5.75 Å². The average molecular weight is 263 g/mol. The molecule has 4 heteroatoms. The minimum Gasteiger partial charge on any atom is -0.491 e. The van der Waals surface area contributed by atoms with Gasteiger partial charge in [-0.3, -0.25) is 0 Å². The molecular weight excluding hydrogens is 246 g/mol. The van der Waals surface area contributed by atoms with Crippen LogP contribution < -0.4 is 10.5 Å². The highest BCUT2D eigenvalue weighted by Gasteiger charge is 1.98. The maximum atomic E-state index is 5.77. The van der Waals surface area contributed by atoms with Crippen molar-refractivity contribution in [3.05, 3.63) is 46.7 Å². The van der Waals surface area contributed by atoms with E-state index in [9.17, 15) is 0 Å². The molecule has 0 bridgehead atoms. The SMILES string of the molecule is Nc1ccccc1OCCCOCc1cccs1. The van der Waals surface area contributed by atoms with Crippen molar-refractivity contribution in [2.45, 2.75) is 13.0 Å². The van der Waals surface area contributed by atoms with Gasteiger partial charge in [-0.2, -0.15) is 0 Å². The van der Waals surface area contributed by atoms with Crippen molar-refractivity contribution in [1.82, 2.24) is 0 Å². The van der Waals surface area contributed by atoms with Gasteiger partial charge < -0.3 is 15.2 Å². The first-order valence-corrected chi connectivity index (χ1v) is 6.81. The van der Waals surface area contributed by atoms with Crippen molar-refractivity contribution in [1.29, 1.82) is 0 Å². The standard InChI is InChI=1S/C14H17NO2S/c15-13-6-1-2-7-14(13)17-9-4-8-16-11-12-5-3-10-18-12/h1-3,5-7,10H,4,8-9,11,15H2. The van der Waals surface area contributed by atoms with Crippen LogP contribution in [0.2, 0.25) is 0 Å². The molecule has 2 rings (SSSR count). The Morgan fingerprint density at radius 2 is 1.94 bits per heavy atom. The highest BCUT2D eigenvalue weighted by atomic mass is 32.1. The zero-order valence-electron chi connectivity index (χ0n) is 10.2. The molecular formula is C14H17NO2S. The molecule has 1 aromatic heterocycles. The Morgan fingerprint density at radius 3 is 2.72 bits per heavy atom. The Kier molecular flexibility index (Phi) is 5.05. The maximum absolute atomic E-state index is 5.77. The predicted molar refractivity (Wildman–Crippen MR) is 74.9 cm³/mol. The number of ether oxygens (including phenoxy) is 2. The molecule has 1 heterocycles. The van der Waals surface area contributed by atoms with E-state index < -0.39 is 0 Å². The molecule has 0 aliphatic heterocycles. The van der Waals surface area contributed by atoms with Gasteiger partial charge >= 0.3 is 0 Å². The molecule has 0 atom stereocenters. The van der Waals surface area contributed by atoms with Crippen LogP contribution in [0, 0.1) is 0 Å². The normalized spacial score (nSPS) is 10.4. The summed E-state index contributed by atoms with van der Waals surface area (Å²) in [5.74, 6) is 0.746. The number of benzene rings is 1. The number of nitrogen functional groups attached to an aromatic ring is 1. The van der Waals surface area contributed by atoms with Crippen LogP contribution in [0.1, 0.15) is 11.3 Å². The maximum Gasteiger partial charge on any atom is 0.142 e. The molecule has 0 aliphatic rings. The molecule has 3 nitrogen and oxygen atoms in total. The second kappa shape index (κ2) is 7.03. The smallest absolute Gasteiger partial charge is 0.142 e. The first-order valence-electron chi connectivity index (χ1n) is 5.93. The van der Waals surface area contributed by atoms with Crippen LogP contribution in [0.25, 0.3) is 0 Å². The highest BCUT2D eigenvalue weighted by molar-refractivity contribution is 7.09. The number of anilines is 1. The summed E-state index contributed by atoms with van der Waals surface area (Å²) in [6.07, 6.45) is 0.861. The van der Waals surface area contributed by atoms with Gasteiger partial charge in [0.2, 0.25) is 0 Å². The molecule has 0 saturated carbocycles. The molecule has 0 fully saturated rings. The van der Waals surface area contributed by atoms with Gasteiger partial charge in [-0.05, 0) is 23.6 Å². The third-order valence-corrected chi connectivity index (χ3v) is 3.28. The van der Waals surface area contributed by atoms with Crippen LogP contribution in [0.3, 0.4) is 0 Å². The summed E-state index contributed by atoms with van der Waals surface area (Å²) >= 11 is 1.71. The minimum absolute atomic E-state index is 0.624. The molecule has 1 aromatic carbocycles. The molecule has 2 aromatic rings. The monoisotopic (exact) mass is 263 g/mol. The van der Waals surface area contributed by atoms with Gasteiger partial charge in [0.15, 0.2) is 0 Å². The van der Waals surface area contributed by atoms with Crippen molar-refractivity contribution in [2.24, 2.45) is 0 Å². The van der Waals surface area contributed by atoms with E-state index >= 15 is 0 Å². The zero-order chi connectivity index (χ0) is 12.6. The summed E-state index contributed by atoms with van der Waals surface area (Å²) in [5, 5.41) is 2.06. The summed E-state index contributed by atoms with van der Waals surface area (Å²) < 4.78 is 11.1. The largest absolute Gasteiger partial charge is 0.491 e. The van der Waals surface area contributed by atoms with Crippen molar-refractivity contribution < 1.29 is 9.47 Å². The van der Waals surface area contributed by atoms with Gasteiger partial charge in [-0.1, -0.05) is 18.2 Å². The number of hydrogen-bond donors (Lipinski definition) is 1. The fourth-order valence-electron chi connectivity index (χ4n) is 1.52. The molecule has 96 valence electrons. The lowest BCUT2D eigenvalue weighted by Gasteiger charge is -2.08. The molecule has 0 spiro atoms. The van der Waals surface area contributed by atoms with E-state index in [2.05, 4.69) is 11.4 Å². The number of nitrogens with two attached hydrogens (primary N) is 1. The fraction of sp³-hybridized carbons (Fsp3) is 0.286. The van der Waals surface area contributed by atoms with Crippen molar-refractivity contribution in [2.75, 3.05) is 18.9 Å². The van der Waals surface area contributed by atoms with Crippen molar-refractivity contribution >= 4 is 17.0 Å². The third-order valence-electron chi connectivity index (χ3n) is 2.43. The summed E-state index contributed by atoms with van der Waals surface area (Å²) in [5.41, 5.74) is 6.45. The summed E-state index contributed by atoms with van der Waals surface area (Å²) in [4.78, 5) is 1.25. The van der Waals surface area contributed by atoms with Crippen molar-refractivity contribution in [3.63, 3.8) is 0 Å². The van der Waals surface area contributed by atoms with Crippen LogP contribution in [-0.4, -0.2) is 13.2 Å². The number of rotatable bonds is 7. The van der Waals surface area contributed by atoms with Gasteiger partial charge in [-0.15, -0.1) is 11.3 Å². The molecule has 0 unspecified atom stereocenters. The highest BCUT2D eigenvalue weighted by Crippen LogP contribution is 2.19. The molecule has 0 amide bonds. The van der Waals surface area contributed by atoms with Crippen LogP contribution in [0.4, 0.5) is 5.69 Å². The number of para-hydroxylation sites is 2. The summed E-state index contributed by atoms with van der Waals surface area (Å²) in [6.45, 7) is 2.01. The number of hydrogen-bond acceptors (Lipinski definition) is 4. The lowest BCUT2D eigenvalue weighted by Crippen LogP contribution is -2.04. The zero-order valence-corrected chi connectivity index (χ0v) is 11.0. The lowest BCUT2D eigenvalue weighted by molar-refractivity contribution is 0.109. The molecule has 0 saturated heterocycles. The lowest BCUT2D eigenvalue weighted by atomic mass is 10.3.